The zero-order valence-corrected chi connectivity index (χ0v) is 10.0. The minimum absolute atomic E-state index is 0.493. The first-order chi connectivity index (χ1) is 7.00. The molecule has 0 bridgehead atoms. The molecule has 0 radical (unpaired) electrons. The van der Waals surface area contributed by atoms with Crippen LogP contribution in [0.2, 0.25) is 0 Å². The molecule has 0 saturated carbocycles. The van der Waals surface area contributed by atoms with E-state index in [1.807, 2.05) is 43.3 Å². The Hall–Kier alpha value is -1.33. The average Bonchev–Trinajstić information content (AvgIpc) is 2.18. The molecule has 0 spiro atoms. The number of thiocarbonyl (C=S) groups is 1. The summed E-state index contributed by atoms with van der Waals surface area (Å²) in [6.45, 7) is 0. The molecule has 82 valence electrons. The Labute approximate surface area is 95.6 Å². The first-order valence-corrected chi connectivity index (χ1v) is 4.98. The van der Waals surface area contributed by atoms with E-state index >= 15 is 0 Å². The molecule has 5 heteroatoms. The Bertz CT molecular complexity index is 332. The molecule has 0 aliphatic carbocycles. The lowest BCUT2D eigenvalue weighted by Gasteiger charge is -2.16. The van der Waals surface area contributed by atoms with Gasteiger partial charge in [0.15, 0.2) is 5.11 Å². The van der Waals surface area contributed by atoms with E-state index < -0.39 is 0 Å². The molecule has 4 nitrogen and oxygen atoms in total. The van der Waals surface area contributed by atoms with Gasteiger partial charge in [0.05, 0.1) is 0 Å². The van der Waals surface area contributed by atoms with Crippen LogP contribution in [0.4, 0.5) is 11.4 Å². The number of anilines is 2. The molecule has 0 aromatic heterocycles. The first kappa shape index (κ1) is 11.7. The molecule has 1 rings (SSSR count). The van der Waals surface area contributed by atoms with Crippen LogP contribution >= 0.6 is 12.2 Å². The molecule has 0 aliphatic rings. The maximum absolute atomic E-state index is 5.48. The van der Waals surface area contributed by atoms with Crippen LogP contribution in [0.25, 0.3) is 0 Å². The second-order valence-corrected chi connectivity index (χ2v) is 3.87. The van der Waals surface area contributed by atoms with Gasteiger partial charge in [-0.15, -0.1) is 0 Å². The van der Waals surface area contributed by atoms with Crippen LogP contribution in [0, 0.1) is 0 Å². The Balaban J connectivity index is 2.69. The number of hydrogen-bond donors (Lipinski definition) is 2. The summed E-state index contributed by atoms with van der Waals surface area (Å²) in [6, 6.07) is 7.96. The van der Waals surface area contributed by atoms with Crippen LogP contribution in [-0.2, 0) is 0 Å². The highest BCUT2D eigenvalue weighted by Gasteiger charge is 2.00. The van der Waals surface area contributed by atoms with Gasteiger partial charge in [-0.3, -0.25) is 5.01 Å². The minimum Gasteiger partial charge on any atom is -0.378 e. The number of rotatable bonds is 2. The number of benzene rings is 1. The molecule has 0 aliphatic heterocycles. The highest BCUT2D eigenvalue weighted by atomic mass is 32.1. The van der Waals surface area contributed by atoms with Gasteiger partial charge in [0.25, 0.3) is 0 Å². The van der Waals surface area contributed by atoms with E-state index in [2.05, 4.69) is 5.32 Å². The van der Waals surface area contributed by atoms with Crippen LogP contribution in [-0.4, -0.2) is 31.3 Å². The summed E-state index contributed by atoms with van der Waals surface area (Å²) in [4.78, 5) is 2.04. The van der Waals surface area contributed by atoms with E-state index in [4.69, 9.17) is 18.1 Å². The third-order valence-corrected chi connectivity index (χ3v) is 2.35. The minimum atomic E-state index is 0.493. The van der Waals surface area contributed by atoms with E-state index in [1.54, 1.807) is 7.05 Å². The second kappa shape index (κ2) is 4.95. The number of nitrogens with one attached hydrogen (secondary N) is 1. The average molecular weight is 224 g/mol. The Morgan fingerprint density at radius 3 is 2.13 bits per heavy atom. The van der Waals surface area contributed by atoms with Gasteiger partial charge in [-0.2, -0.15) is 0 Å². The van der Waals surface area contributed by atoms with Crippen molar-refractivity contribution in [2.75, 3.05) is 31.4 Å². The first-order valence-electron chi connectivity index (χ1n) is 4.57. The topological polar surface area (TPSA) is 44.5 Å². The molecule has 0 heterocycles. The molecular formula is C10H16N4S. The summed E-state index contributed by atoms with van der Waals surface area (Å²) in [5.41, 5.74) is 2.08. The molecule has 15 heavy (non-hydrogen) atoms. The van der Waals surface area contributed by atoms with Crippen molar-refractivity contribution in [2.45, 2.75) is 0 Å². The third-order valence-electron chi connectivity index (χ3n) is 1.96. The lowest BCUT2D eigenvalue weighted by molar-refractivity contribution is 0.548. The zero-order valence-electron chi connectivity index (χ0n) is 9.19. The molecule has 0 atom stereocenters. The van der Waals surface area contributed by atoms with Crippen LogP contribution < -0.4 is 16.1 Å². The van der Waals surface area contributed by atoms with Gasteiger partial charge in [-0.1, -0.05) is 0 Å². The number of nitrogens with two attached hydrogens (primary N) is 1. The summed E-state index contributed by atoms with van der Waals surface area (Å²) < 4.78 is 0. The quantitative estimate of drug-likeness (QED) is 0.450. The van der Waals surface area contributed by atoms with Crippen LogP contribution in [0.15, 0.2) is 24.3 Å². The molecule has 1 aromatic carbocycles. The van der Waals surface area contributed by atoms with Crippen molar-refractivity contribution in [3.8, 4) is 0 Å². The van der Waals surface area contributed by atoms with Crippen molar-refractivity contribution in [3.05, 3.63) is 24.3 Å². The van der Waals surface area contributed by atoms with E-state index in [0.29, 0.717) is 5.11 Å². The van der Waals surface area contributed by atoms with E-state index in [1.165, 1.54) is 5.01 Å². The summed E-state index contributed by atoms with van der Waals surface area (Å²) >= 11 is 5.02. The van der Waals surface area contributed by atoms with Crippen LogP contribution in [0.5, 0.6) is 0 Å². The molecule has 0 fully saturated rings. The molecular weight excluding hydrogens is 208 g/mol. The van der Waals surface area contributed by atoms with Gasteiger partial charge >= 0.3 is 0 Å². The fourth-order valence-corrected chi connectivity index (χ4v) is 1.17. The Morgan fingerprint density at radius 2 is 1.73 bits per heavy atom. The zero-order chi connectivity index (χ0) is 11.4. The maximum Gasteiger partial charge on any atom is 0.187 e. The lowest BCUT2D eigenvalue weighted by Crippen LogP contribution is -2.36. The van der Waals surface area contributed by atoms with Crippen LogP contribution in [0.3, 0.4) is 0 Å². The number of hydrogen-bond acceptors (Lipinski definition) is 3. The van der Waals surface area contributed by atoms with Crippen molar-refractivity contribution in [1.29, 1.82) is 0 Å². The molecule has 0 amide bonds. The third kappa shape index (κ3) is 3.38. The van der Waals surface area contributed by atoms with Crippen LogP contribution in [0.1, 0.15) is 0 Å². The summed E-state index contributed by atoms with van der Waals surface area (Å²) in [5.74, 6) is 5.48. The fourth-order valence-electron chi connectivity index (χ4n) is 1.05. The van der Waals surface area contributed by atoms with Gasteiger partial charge in [0.2, 0.25) is 0 Å². The largest absolute Gasteiger partial charge is 0.378 e. The van der Waals surface area contributed by atoms with E-state index in [0.717, 1.165) is 11.4 Å². The molecule has 1 aromatic rings. The fraction of sp³-hybridized carbons (Fsp3) is 0.300. The van der Waals surface area contributed by atoms with Crippen molar-refractivity contribution in [2.24, 2.45) is 5.84 Å². The molecule has 3 N–H and O–H groups in total. The lowest BCUT2D eigenvalue weighted by atomic mass is 10.2. The standard InChI is InChI=1S/C10H16N4S/c1-13(2)9-6-4-8(5-7-9)12-10(15)14(3)11/h4-7H,11H2,1-3H3,(H,12,15). The predicted octanol–water partition coefficient (Wildman–Crippen LogP) is 1.25. The van der Waals surface area contributed by atoms with Crippen molar-refractivity contribution < 1.29 is 0 Å². The predicted molar refractivity (Wildman–Crippen MR) is 68.9 cm³/mol. The number of nitrogens with zero attached hydrogens (tertiary/aromatic N) is 2. The Kier molecular flexibility index (Phi) is 3.88. The van der Waals surface area contributed by atoms with Gasteiger partial charge in [-0.05, 0) is 36.5 Å². The molecule has 0 unspecified atom stereocenters. The van der Waals surface area contributed by atoms with Gasteiger partial charge in [0.1, 0.15) is 0 Å². The van der Waals surface area contributed by atoms with Crippen molar-refractivity contribution in [1.82, 2.24) is 5.01 Å². The van der Waals surface area contributed by atoms with Gasteiger partial charge in [-0.25, -0.2) is 5.84 Å². The van der Waals surface area contributed by atoms with Gasteiger partial charge in [0, 0.05) is 32.5 Å². The SMILES string of the molecule is CN(N)C(=S)Nc1ccc(N(C)C)cc1. The van der Waals surface area contributed by atoms with Crippen molar-refractivity contribution in [3.63, 3.8) is 0 Å². The summed E-state index contributed by atoms with van der Waals surface area (Å²) in [5, 5.41) is 4.88. The molecule has 0 saturated heterocycles. The highest BCUT2D eigenvalue weighted by Crippen LogP contribution is 2.15. The smallest absolute Gasteiger partial charge is 0.187 e. The van der Waals surface area contributed by atoms with E-state index in [-0.39, 0.29) is 0 Å². The van der Waals surface area contributed by atoms with E-state index in [9.17, 15) is 0 Å². The number of hydrazine groups is 1. The summed E-state index contributed by atoms with van der Waals surface area (Å²) in [7, 11) is 5.70. The van der Waals surface area contributed by atoms with Crippen molar-refractivity contribution >= 4 is 28.7 Å². The highest BCUT2D eigenvalue weighted by molar-refractivity contribution is 7.80. The van der Waals surface area contributed by atoms with Gasteiger partial charge < -0.3 is 10.2 Å². The maximum atomic E-state index is 5.48. The summed E-state index contributed by atoms with van der Waals surface area (Å²) in [6.07, 6.45) is 0. The second-order valence-electron chi connectivity index (χ2n) is 3.48. The Morgan fingerprint density at radius 1 is 1.20 bits per heavy atom. The monoisotopic (exact) mass is 224 g/mol. The normalized spacial score (nSPS) is 9.60.